The lowest BCUT2D eigenvalue weighted by Crippen LogP contribution is -2.33. The molecule has 1 unspecified atom stereocenters. The summed E-state index contributed by atoms with van der Waals surface area (Å²) in [4.78, 5) is 26.4. The number of carbonyl (C=O) groups excluding carboxylic acids is 2. The zero-order chi connectivity index (χ0) is 21.0. The predicted molar refractivity (Wildman–Crippen MR) is 99.7 cm³/mol. The van der Waals surface area contributed by atoms with Gasteiger partial charge >= 0.3 is 0 Å². The second kappa shape index (κ2) is 8.93. The number of nitrogens with zero attached hydrogens (tertiary/aromatic N) is 1. The first-order valence-electron chi connectivity index (χ1n) is 8.93. The van der Waals surface area contributed by atoms with Crippen LogP contribution in [0.2, 0.25) is 0 Å². The van der Waals surface area contributed by atoms with Crippen LogP contribution >= 0.6 is 0 Å². The van der Waals surface area contributed by atoms with Gasteiger partial charge in [-0.2, -0.15) is 0 Å². The minimum atomic E-state index is -1.17. The Kier molecular flexibility index (Phi) is 6.36. The van der Waals surface area contributed by atoms with Crippen molar-refractivity contribution in [1.29, 1.82) is 0 Å². The van der Waals surface area contributed by atoms with Gasteiger partial charge in [-0.05, 0) is 30.3 Å². The third-order valence-electron chi connectivity index (χ3n) is 4.57. The maximum absolute atomic E-state index is 14.5. The van der Waals surface area contributed by atoms with Gasteiger partial charge in [0.2, 0.25) is 0 Å². The molecule has 0 aliphatic carbocycles. The molecule has 1 amide bonds. The summed E-state index contributed by atoms with van der Waals surface area (Å²) >= 11 is 0. The second-order valence-corrected chi connectivity index (χ2v) is 6.36. The summed E-state index contributed by atoms with van der Waals surface area (Å²) in [5.41, 5.74) is -0.117. The molecule has 1 fully saturated rings. The number of halogens is 2. The molecule has 0 radical (unpaired) electrons. The molecule has 1 saturated heterocycles. The van der Waals surface area contributed by atoms with Crippen molar-refractivity contribution in [2.24, 2.45) is 0 Å². The van der Waals surface area contributed by atoms with Crippen LogP contribution in [-0.2, 0) is 14.3 Å². The fourth-order valence-corrected chi connectivity index (χ4v) is 3.22. The molecule has 6 nitrogen and oxygen atoms in total. The monoisotopic (exact) mass is 403 g/mol. The molecule has 29 heavy (non-hydrogen) atoms. The Morgan fingerprint density at radius 3 is 2.38 bits per heavy atom. The van der Waals surface area contributed by atoms with Crippen LogP contribution in [0, 0.1) is 11.6 Å². The van der Waals surface area contributed by atoms with Crippen LogP contribution in [-0.4, -0.2) is 53.2 Å². The summed E-state index contributed by atoms with van der Waals surface area (Å²) < 4.78 is 32.9. The molecule has 1 heterocycles. The first-order valence-corrected chi connectivity index (χ1v) is 8.93. The molecule has 2 N–H and O–H groups in total. The zero-order valence-electron chi connectivity index (χ0n) is 15.3. The van der Waals surface area contributed by atoms with Crippen LogP contribution in [0.25, 0.3) is 5.76 Å². The number of aliphatic hydroxyl groups excluding tert-OH is 2. The van der Waals surface area contributed by atoms with Gasteiger partial charge in [0.15, 0.2) is 0 Å². The van der Waals surface area contributed by atoms with Crippen LogP contribution in [0.15, 0.2) is 54.1 Å². The number of Topliss-reactive ketones (excluding diaryl/α,β-unsaturated/α-hetero) is 1. The molecular weight excluding hydrogens is 384 g/mol. The van der Waals surface area contributed by atoms with Crippen LogP contribution < -0.4 is 0 Å². The Labute approximate surface area is 165 Å². The van der Waals surface area contributed by atoms with Crippen molar-refractivity contribution in [3.05, 3.63) is 76.9 Å². The number of ketones is 1. The lowest BCUT2D eigenvalue weighted by atomic mass is 9.95. The highest BCUT2D eigenvalue weighted by Gasteiger charge is 2.46. The quantitative estimate of drug-likeness (QED) is 0.321. The number of hydrogen-bond donors (Lipinski definition) is 2. The topological polar surface area (TPSA) is 87.1 Å². The van der Waals surface area contributed by atoms with Crippen molar-refractivity contribution in [3.8, 4) is 0 Å². The SMILES string of the molecule is O=C1C(=O)N(CCOCCO)C(c2ccccc2F)C1=C(O)c1ccc(F)cc1. The number of rotatable bonds is 7. The number of amides is 1. The highest BCUT2D eigenvalue weighted by molar-refractivity contribution is 6.46. The van der Waals surface area contributed by atoms with Gasteiger partial charge < -0.3 is 19.8 Å². The van der Waals surface area contributed by atoms with E-state index in [2.05, 4.69) is 0 Å². The largest absolute Gasteiger partial charge is 0.507 e. The Morgan fingerprint density at radius 1 is 1.03 bits per heavy atom. The number of aliphatic hydroxyl groups is 2. The number of carbonyl (C=O) groups is 2. The molecule has 8 heteroatoms. The van der Waals surface area contributed by atoms with Crippen LogP contribution in [0.4, 0.5) is 8.78 Å². The molecule has 1 atom stereocenters. The van der Waals surface area contributed by atoms with Gasteiger partial charge in [-0.3, -0.25) is 9.59 Å². The normalized spacial score (nSPS) is 18.4. The Morgan fingerprint density at radius 2 is 1.72 bits per heavy atom. The van der Waals surface area contributed by atoms with Gasteiger partial charge in [-0.1, -0.05) is 18.2 Å². The average Bonchev–Trinajstić information content (AvgIpc) is 2.96. The second-order valence-electron chi connectivity index (χ2n) is 6.36. The number of ether oxygens (including phenoxy) is 1. The summed E-state index contributed by atoms with van der Waals surface area (Å²) in [6.07, 6.45) is 0. The minimum Gasteiger partial charge on any atom is -0.507 e. The molecule has 1 aliphatic rings. The van der Waals surface area contributed by atoms with Crippen LogP contribution in [0.1, 0.15) is 17.2 Å². The van der Waals surface area contributed by atoms with E-state index in [-0.39, 0.29) is 43.1 Å². The Hall–Kier alpha value is -3.10. The van der Waals surface area contributed by atoms with E-state index in [4.69, 9.17) is 9.84 Å². The highest BCUT2D eigenvalue weighted by atomic mass is 19.1. The van der Waals surface area contributed by atoms with Gasteiger partial charge in [0.05, 0.1) is 31.4 Å². The fourth-order valence-electron chi connectivity index (χ4n) is 3.22. The van der Waals surface area contributed by atoms with E-state index in [9.17, 15) is 23.5 Å². The Bertz CT molecular complexity index is 942. The van der Waals surface area contributed by atoms with Crippen molar-refractivity contribution < 1.29 is 33.3 Å². The molecule has 0 spiro atoms. The van der Waals surface area contributed by atoms with E-state index in [0.717, 1.165) is 17.0 Å². The van der Waals surface area contributed by atoms with Crippen molar-refractivity contribution >= 4 is 17.4 Å². The van der Waals surface area contributed by atoms with Crippen molar-refractivity contribution in [2.45, 2.75) is 6.04 Å². The van der Waals surface area contributed by atoms with Gasteiger partial charge in [-0.15, -0.1) is 0 Å². The molecule has 0 saturated carbocycles. The first kappa shape index (κ1) is 20.6. The first-order chi connectivity index (χ1) is 14.0. The van der Waals surface area contributed by atoms with E-state index >= 15 is 0 Å². The van der Waals surface area contributed by atoms with E-state index in [0.29, 0.717) is 0 Å². The molecule has 0 aromatic heterocycles. The van der Waals surface area contributed by atoms with Gasteiger partial charge in [0.1, 0.15) is 17.4 Å². The molecule has 3 rings (SSSR count). The molecule has 1 aliphatic heterocycles. The predicted octanol–water partition coefficient (Wildman–Crippen LogP) is 2.40. The van der Waals surface area contributed by atoms with E-state index in [1.54, 1.807) is 6.07 Å². The zero-order valence-corrected chi connectivity index (χ0v) is 15.3. The van der Waals surface area contributed by atoms with Crippen LogP contribution in [0.3, 0.4) is 0 Å². The molecular formula is C21H19F2NO5. The third-order valence-corrected chi connectivity index (χ3v) is 4.57. The van der Waals surface area contributed by atoms with Crippen LogP contribution in [0.5, 0.6) is 0 Å². The summed E-state index contributed by atoms with van der Waals surface area (Å²) in [5, 5.41) is 19.5. The number of likely N-dealkylation sites (tertiary alicyclic amines) is 1. The molecule has 2 aromatic carbocycles. The van der Waals surface area contributed by atoms with E-state index < -0.39 is 35.1 Å². The van der Waals surface area contributed by atoms with Gasteiger partial charge in [-0.25, -0.2) is 8.78 Å². The smallest absolute Gasteiger partial charge is 0.295 e. The minimum absolute atomic E-state index is 0.00905. The van der Waals surface area contributed by atoms with Crippen molar-refractivity contribution in [2.75, 3.05) is 26.4 Å². The summed E-state index contributed by atoms with van der Waals surface area (Å²) in [6.45, 7) is -0.205. The number of benzene rings is 2. The fraction of sp³-hybridized carbons (Fsp3) is 0.238. The molecule has 152 valence electrons. The highest BCUT2D eigenvalue weighted by Crippen LogP contribution is 2.40. The van der Waals surface area contributed by atoms with Crippen molar-refractivity contribution in [3.63, 3.8) is 0 Å². The average molecular weight is 403 g/mol. The molecule has 2 aromatic rings. The maximum atomic E-state index is 14.5. The van der Waals surface area contributed by atoms with E-state index in [1.165, 1.54) is 30.3 Å². The number of hydrogen-bond acceptors (Lipinski definition) is 5. The van der Waals surface area contributed by atoms with Gasteiger partial charge in [0, 0.05) is 17.7 Å². The lowest BCUT2D eigenvalue weighted by molar-refractivity contribution is -0.140. The van der Waals surface area contributed by atoms with E-state index in [1.807, 2.05) is 0 Å². The summed E-state index contributed by atoms with van der Waals surface area (Å²) in [7, 11) is 0. The standard InChI is InChI=1S/C21H19F2NO5/c22-14-7-5-13(6-8-14)19(26)17-18(15-3-1-2-4-16(15)23)24(21(28)20(17)27)9-11-29-12-10-25/h1-8,18,25-26H,9-12H2. The van der Waals surface area contributed by atoms with Crippen molar-refractivity contribution in [1.82, 2.24) is 4.90 Å². The van der Waals surface area contributed by atoms with Gasteiger partial charge in [0.25, 0.3) is 11.7 Å². The summed E-state index contributed by atoms with van der Waals surface area (Å²) in [5.74, 6) is -3.58. The summed E-state index contributed by atoms with van der Waals surface area (Å²) in [6, 6.07) is 9.20. The maximum Gasteiger partial charge on any atom is 0.295 e. The third kappa shape index (κ3) is 4.18. The Balaban J connectivity index is 2.08. The molecule has 0 bridgehead atoms. The lowest BCUT2D eigenvalue weighted by Gasteiger charge is -2.25.